The van der Waals surface area contributed by atoms with Gasteiger partial charge >= 0.3 is 0 Å². The van der Waals surface area contributed by atoms with Gasteiger partial charge in [-0.3, -0.25) is 4.79 Å². The predicted molar refractivity (Wildman–Crippen MR) is 67.0 cm³/mol. The zero-order chi connectivity index (χ0) is 14.0. The molecular formula is C14H20NO4-. The molecule has 0 bridgehead atoms. The lowest BCUT2D eigenvalue weighted by molar-refractivity contribution is -0.313. The first-order chi connectivity index (χ1) is 9.00. The molecule has 2 aliphatic rings. The van der Waals surface area contributed by atoms with E-state index >= 15 is 0 Å². The van der Waals surface area contributed by atoms with Gasteiger partial charge < -0.3 is 19.5 Å². The number of hydrogen-bond acceptors (Lipinski definition) is 4. The molecule has 1 amide bonds. The third-order valence-corrected chi connectivity index (χ3v) is 4.21. The normalized spacial score (nSPS) is 28.4. The molecule has 0 aromatic carbocycles. The molecule has 19 heavy (non-hydrogen) atoms. The minimum absolute atomic E-state index is 0.0654. The van der Waals surface area contributed by atoms with Crippen LogP contribution in [0.2, 0.25) is 0 Å². The number of ether oxygens (including phenoxy) is 1. The average molecular weight is 266 g/mol. The van der Waals surface area contributed by atoms with Crippen LogP contribution < -0.4 is 5.11 Å². The van der Waals surface area contributed by atoms with Crippen molar-refractivity contribution < 1.29 is 19.4 Å². The molecule has 1 heterocycles. The molecule has 0 saturated carbocycles. The maximum Gasteiger partial charge on any atom is 0.226 e. The van der Waals surface area contributed by atoms with E-state index in [1.54, 1.807) is 4.90 Å². The second-order valence-electron chi connectivity index (χ2n) is 5.44. The molecule has 5 heteroatoms. The van der Waals surface area contributed by atoms with Crippen LogP contribution in [0.1, 0.15) is 26.7 Å². The number of rotatable bonds is 2. The summed E-state index contributed by atoms with van der Waals surface area (Å²) in [5.74, 6) is -2.35. The van der Waals surface area contributed by atoms with Crippen LogP contribution in [0, 0.1) is 11.8 Å². The lowest BCUT2D eigenvalue weighted by Gasteiger charge is -2.37. The number of nitrogens with zero attached hydrogens (tertiary/aromatic N) is 1. The molecule has 0 aromatic rings. The molecule has 0 N–H and O–H groups in total. The summed E-state index contributed by atoms with van der Waals surface area (Å²) in [6.07, 6.45) is 0.954. The molecule has 0 spiro atoms. The first-order valence-electron chi connectivity index (χ1n) is 6.73. The van der Waals surface area contributed by atoms with Gasteiger partial charge in [-0.05, 0) is 26.7 Å². The number of carbonyl (C=O) groups excluding carboxylic acids is 2. The Morgan fingerprint density at radius 2 is 1.63 bits per heavy atom. The van der Waals surface area contributed by atoms with Crippen molar-refractivity contribution in [2.24, 2.45) is 11.8 Å². The molecule has 1 saturated heterocycles. The Bertz CT molecular complexity index is 410. The molecule has 2 rings (SSSR count). The van der Waals surface area contributed by atoms with Crippen molar-refractivity contribution in [3.63, 3.8) is 0 Å². The summed E-state index contributed by atoms with van der Waals surface area (Å²) in [6.45, 7) is 6.07. The van der Waals surface area contributed by atoms with Crippen molar-refractivity contribution in [1.82, 2.24) is 4.90 Å². The Labute approximate surface area is 113 Å². The SMILES string of the molecule is CC1=C(C)C[C@@H](C(=O)[O-])[C@@H](C(=O)N2CCOCC2)C1. The van der Waals surface area contributed by atoms with Crippen LogP contribution in [0.25, 0.3) is 0 Å². The highest BCUT2D eigenvalue weighted by atomic mass is 16.5. The van der Waals surface area contributed by atoms with Crippen LogP contribution in [-0.2, 0) is 14.3 Å². The standard InChI is InChI=1S/C14H21NO4/c1-9-7-11(12(14(17)18)8-10(9)2)13(16)15-3-5-19-6-4-15/h11-12H,3-8H2,1-2H3,(H,17,18)/p-1/t11-,12+/m0/s1. The second-order valence-corrected chi connectivity index (χ2v) is 5.44. The van der Waals surface area contributed by atoms with E-state index in [2.05, 4.69) is 0 Å². The van der Waals surface area contributed by atoms with Gasteiger partial charge in [-0.15, -0.1) is 0 Å². The topological polar surface area (TPSA) is 69.7 Å². The van der Waals surface area contributed by atoms with Gasteiger partial charge in [0.25, 0.3) is 0 Å². The number of hydrogen-bond donors (Lipinski definition) is 0. The first-order valence-corrected chi connectivity index (χ1v) is 6.73. The van der Waals surface area contributed by atoms with Crippen LogP contribution in [-0.4, -0.2) is 43.1 Å². The van der Waals surface area contributed by atoms with Gasteiger partial charge in [-0.2, -0.15) is 0 Å². The van der Waals surface area contributed by atoms with Gasteiger partial charge in [0.15, 0.2) is 0 Å². The van der Waals surface area contributed by atoms with E-state index in [1.165, 1.54) is 0 Å². The number of carboxylic acid groups (broad SMARTS) is 1. The van der Waals surface area contributed by atoms with Crippen LogP contribution in [0.3, 0.4) is 0 Å². The van der Waals surface area contributed by atoms with Crippen molar-refractivity contribution in [1.29, 1.82) is 0 Å². The Kier molecular flexibility index (Phi) is 4.24. The number of carbonyl (C=O) groups is 2. The lowest BCUT2D eigenvalue weighted by atomic mass is 9.76. The molecular weight excluding hydrogens is 246 g/mol. The van der Waals surface area contributed by atoms with E-state index in [9.17, 15) is 14.7 Å². The third kappa shape index (κ3) is 2.97. The van der Waals surface area contributed by atoms with E-state index < -0.39 is 17.8 Å². The van der Waals surface area contributed by atoms with Crippen LogP contribution in [0.4, 0.5) is 0 Å². The monoisotopic (exact) mass is 266 g/mol. The molecule has 1 aliphatic heterocycles. The van der Waals surface area contributed by atoms with Crippen molar-refractivity contribution in [3.8, 4) is 0 Å². The molecule has 0 aromatic heterocycles. The zero-order valence-corrected chi connectivity index (χ0v) is 11.5. The van der Waals surface area contributed by atoms with Crippen molar-refractivity contribution in [2.75, 3.05) is 26.3 Å². The summed E-state index contributed by atoms with van der Waals surface area (Å²) >= 11 is 0. The lowest BCUT2D eigenvalue weighted by Crippen LogP contribution is -2.49. The van der Waals surface area contributed by atoms with Gasteiger partial charge in [0, 0.05) is 25.0 Å². The van der Waals surface area contributed by atoms with Crippen LogP contribution in [0.5, 0.6) is 0 Å². The van der Waals surface area contributed by atoms with Crippen molar-refractivity contribution in [2.45, 2.75) is 26.7 Å². The average Bonchev–Trinajstić information content (AvgIpc) is 2.41. The van der Waals surface area contributed by atoms with Crippen LogP contribution in [0.15, 0.2) is 11.1 Å². The Balaban J connectivity index is 2.15. The Morgan fingerprint density at radius 3 is 2.16 bits per heavy atom. The highest BCUT2D eigenvalue weighted by Gasteiger charge is 2.36. The maximum absolute atomic E-state index is 12.5. The first kappa shape index (κ1) is 14.1. The highest BCUT2D eigenvalue weighted by Crippen LogP contribution is 2.35. The largest absolute Gasteiger partial charge is 0.550 e. The number of morpholine rings is 1. The van der Waals surface area contributed by atoms with E-state index in [-0.39, 0.29) is 5.91 Å². The summed E-state index contributed by atoms with van der Waals surface area (Å²) in [4.78, 5) is 25.5. The fourth-order valence-electron chi connectivity index (χ4n) is 2.82. The molecule has 1 aliphatic carbocycles. The summed E-state index contributed by atoms with van der Waals surface area (Å²) in [7, 11) is 0. The maximum atomic E-state index is 12.5. The molecule has 2 atom stereocenters. The number of amides is 1. The summed E-state index contributed by atoms with van der Waals surface area (Å²) < 4.78 is 5.22. The molecule has 0 unspecified atom stereocenters. The Morgan fingerprint density at radius 1 is 1.11 bits per heavy atom. The second kappa shape index (κ2) is 5.74. The van der Waals surface area contributed by atoms with E-state index in [0.717, 1.165) is 11.1 Å². The third-order valence-electron chi connectivity index (χ3n) is 4.21. The smallest absolute Gasteiger partial charge is 0.226 e. The molecule has 0 radical (unpaired) electrons. The van der Waals surface area contributed by atoms with E-state index in [0.29, 0.717) is 39.1 Å². The number of aliphatic carboxylic acids is 1. The summed E-state index contributed by atoms with van der Waals surface area (Å²) in [5.41, 5.74) is 2.20. The molecule has 106 valence electrons. The fraction of sp³-hybridized carbons (Fsp3) is 0.714. The zero-order valence-electron chi connectivity index (χ0n) is 11.5. The Hall–Kier alpha value is -1.36. The van der Waals surface area contributed by atoms with E-state index in [1.807, 2.05) is 13.8 Å². The van der Waals surface area contributed by atoms with Crippen molar-refractivity contribution in [3.05, 3.63) is 11.1 Å². The number of carboxylic acids is 1. The predicted octanol–water partition coefficient (Wildman–Crippen LogP) is -0.0423. The molecule has 1 fully saturated rings. The van der Waals surface area contributed by atoms with Gasteiger partial charge in [0.2, 0.25) is 5.91 Å². The minimum atomic E-state index is -1.11. The van der Waals surface area contributed by atoms with Crippen molar-refractivity contribution >= 4 is 11.9 Å². The van der Waals surface area contributed by atoms with Crippen LogP contribution >= 0.6 is 0 Å². The number of allylic oxidation sites excluding steroid dienone is 2. The summed E-state index contributed by atoms with van der Waals surface area (Å²) in [6, 6.07) is 0. The summed E-state index contributed by atoms with van der Waals surface area (Å²) in [5, 5.41) is 11.3. The van der Waals surface area contributed by atoms with Gasteiger partial charge in [0.05, 0.1) is 19.1 Å². The fourth-order valence-corrected chi connectivity index (χ4v) is 2.82. The minimum Gasteiger partial charge on any atom is -0.550 e. The van der Waals surface area contributed by atoms with Gasteiger partial charge in [-0.1, -0.05) is 11.1 Å². The van der Waals surface area contributed by atoms with E-state index in [4.69, 9.17) is 4.74 Å². The highest BCUT2D eigenvalue weighted by molar-refractivity contribution is 5.85. The molecule has 5 nitrogen and oxygen atoms in total. The van der Waals surface area contributed by atoms with Gasteiger partial charge in [-0.25, -0.2) is 0 Å². The van der Waals surface area contributed by atoms with Gasteiger partial charge in [0.1, 0.15) is 0 Å². The quantitative estimate of drug-likeness (QED) is 0.657.